The van der Waals surface area contributed by atoms with E-state index in [4.69, 9.17) is 9.15 Å². The van der Waals surface area contributed by atoms with Crippen LogP contribution < -0.4 is 9.64 Å². The molecule has 160 valence electrons. The van der Waals surface area contributed by atoms with E-state index < -0.39 is 5.41 Å². The lowest BCUT2D eigenvalue weighted by Gasteiger charge is -2.37. The maximum absolute atomic E-state index is 13.4. The molecule has 0 saturated carbocycles. The van der Waals surface area contributed by atoms with Gasteiger partial charge >= 0.3 is 0 Å². The zero-order valence-electron chi connectivity index (χ0n) is 17.3. The standard InChI is InChI=1S/C23H24N4O4/c1-30-20-13-17(4-5-18(20)16-14-24-25-15-16)27-11-8-23(22(27)29)6-9-26(10-7-23)21(28)19-3-2-12-31-19/h2-5,12-15H,6-11H2,1H3,(H,24,25). The first-order valence-corrected chi connectivity index (χ1v) is 10.4. The molecule has 1 aromatic carbocycles. The van der Waals surface area contributed by atoms with Crippen molar-refractivity contribution in [2.45, 2.75) is 19.3 Å². The van der Waals surface area contributed by atoms with Gasteiger partial charge in [-0.3, -0.25) is 14.7 Å². The molecule has 4 heterocycles. The fraction of sp³-hybridized carbons (Fsp3) is 0.348. The van der Waals surface area contributed by atoms with Gasteiger partial charge in [0, 0.05) is 48.7 Å². The molecule has 2 fully saturated rings. The van der Waals surface area contributed by atoms with Crippen LogP contribution >= 0.6 is 0 Å². The lowest BCUT2D eigenvalue weighted by Crippen LogP contribution is -2.46. The molecule has 2 aliphatic heterocycles. The van der Waals surface area contributed by atoms with Crippen LogP contribution in [0.3, 0.4) is 0 Å². The zero-order chi connectivity index (χ0) is 21.4. The van der Waals surface area contributed by atoms with Gasteiger partial charge in [0.2, 0.25) is 5.91 Å². The molecule has 5 rings (SSSR count). The predicted octanol–water partition coefficient (Wildman–Crippen LogP) is 3.34. The Labute approximate surface area is 179 Å². The van der Waals surface area contributed by atoms with Gasteiger partial charge in [-0.2, -0.15) is 5.10 Å². The number of nitrogens with one attached hydrogen (secondary N) is 1. The molecular formula is C23H24N4O4. The molecule has 8 heteroatoms. The second-order valence-electron chi connectivity index (χ2n) is 8.13. The highest BCUT2D eigenvalue weighted by Gasteiger charge is 2.49. The Bertz CT molecular complexity index is 1080. The second kappa shape index (κ2) is 7.61. The van der Waals surface area contributed by atoms with Crippen molar-refractivity contribution in [3.8, 4) is 16.9 Å². The Balaban J connectivity index is 1.32. The van der Waals surface area contributed by atoms with E-state index in [-0.39, 0.29) is 11.8 Å². The summed E-state index contributed by atoms with van der Waals surface area (Å²) >= 11 is 0. The van der Waals surface area contributed by atoms with E-state index in [1.807, 2.05) is 29.3 Å². The van der Waals surface area contributed by atoms with Gasteiger partial charge in [0.05, 0.1) is 25.0 Å². The molecule has 3 aromatic rings. The third-order valence-corrected chi connectivity index (χ3v) is 6.56. The average molecular weight is 420 g/mol. The van der Waals surface area contributed by atoms with Crippen LogP contribution in [0, 0.1) is 5.41 Å². The molecule has 0 unspecified atom stereocenters. The van der Waals surface area contributed by atoms with E-state index in [2.05, 4.69) is 10.2 Å². The van der Waals surface area contributed by atoms with Gasteiger partial charge in [-0.1, -0.05) is 0 Å². The molecule has 2 aromatic heterocycles. The number of hydrogen-bond donors (Lipinski definition) is 1. The predicted molar refractivity (Wildman–Crippen MR) is 114 cm³/mol. The van der Waals surface area contributed by atoms with Gasteiger partial charge in [-0.25, -0.2) is 0 Å². The summed E-state index contributed by atoms with van der Waals surface area (Å²) in [5.41, 5.74) is 2.28. The summed E-state index contributed by atoms with van der Waals surface area (Å²) in [6.07, 6.45) is 7.18. The molecule has 1 N–H and O–H groups in total. The van der Waals surface area contributed by atoms with Crippen molar-refractivity contribution >= 4 is 17.5 Å². The zero-order valence-corrected chi connectivity index (χ0v) is 17.3. The Morgan fingerprint density at radius 3 is 2.68 bits per heavy atom. The lowest BCUT2D eigenvalue weighted by atomic mass is 9.77. The summed E-state index contributed by atoms with van der Waals surface area (Å²) in [5, 5.41) is 6.81. The van der Waals surface area contributed by atoms with Gasteiger partial charge in [-0.05, 0) is 43.5 Å². The lowest BCUT2D eigenvalue weighted by molar-refractivity contribution is -0.127. The molecule has 2 aliphatic rings. The second-order valence-corrected chi connectivity index (χ2v) is 8.13. The smallest absolute Gasteiger partial charge is 0.289 e. The fourth-order valence-electron chi connectivity index (χ4n) is 4.71. The molecule has 2 amide bonds. The molecule has 8 nitrogen and oxygen atoms in total. The van der Waals surface area contributed by atoms with Crippen LogP contribution in [0.25, 0.3) is 11.1 Å². The number of H-pyrrole nitrogens is 1. The maximum Gasteiger partial charge on any atom is 0.289 e. The van der Waals surface area contributed by atoms with Crippen molar-refractivity contribution in [2.75, 3.05) is 31.6 Å². The molecular weight excluding hydrogens is 396 g/mol. The summed E-state index contributed by atoms with van der Waals surface area (Å²) < 4.78 is 10.8. The fourth-order valence-corrected chi connectivity index (χ4v) is 4.71. The molecule has 0 aliphatic carbocycles. The van der Waals surface area contributed by atoms with E-state index in [9.17, 15) is 9.59 Å². The average Bonchev–Trinajstić information content (AvgIpc) is 3.57. The van der Waals surface area contributed by atoms with Gasteiger partial charge in [-0.15, -0.1) is 0 Å². The number of ether oxygens (including phenoxy) is 1. The molecule has 1 spiro atoms. The summed E-state index contributed by atoms with van der Waals surface area (Å²) in [6, 6.07) is 9.22. The number of furan rings is 1. The van der Waals surface area contributed by atoms with Crippen LogP contribution in [0.5, 0.6) is 5.75 Å². The Kier molecular flexibility index (Phi) is 4.77. The Morgan fingerprint density at radius 1 is 1.19 bits per heavy atom. The van der Waals surface area contributed by atoms with Crippen LogP contribution in [0.4, 0.5) is 5.69 Å². The third kappa shape index (κ3) is 3.28. The normalized spacial score (nSPS) is 18.0. The SMILES string of the molecule is COc1cc(N2CCC3(CCN(C(=O)c4ccco4)CC3)C2=O)ccc1-c1cn[nH]c1. The number of benzene rings is 1. The van der Waals surface area contributed by atoms with Crippen molar-refractivity contribution in [1.29, 1.82) is 0 Å². The van der Waals surface area contributed by atoms with E-state index in [1.54, 1.807) is 30.3 Å². The van der Waals surface area contributed by atoms with Gasteiger partial charge < -0.3 is 19.0 Å². The van der Waals surface area contributed by atoms with Crippen LogP contribution in [0.2, 0.25) is 0 Å². The summed E-state index contributed by atoms with van der Waals surface area (Å²) in [4.78, 5) is 29.6. The monoisotopic (exact) mass is 420 g/mol. The van der Waals surface area contributed by atoms with Crippen molar-refractivity contribution in [3.05, 3.63) is 54.7 Å². The van der Waals surface area contributed by atoms with Crippen molar-refractivity contribution in [2.24, 2.45) is 5.41 Å². The molecule has 0 radical (unpaired) electrons. The number of aromatic nitrogens is 2. The number of amides is 2. The molecule has 0 atom stereocenters. The largest absolute Gasteiger partial charge is 0.496 e. The maximum atomic E-state index is 13.4. The van der Waals surface area contributed by atoms with Crippen LogP contribution in [0.15, 0.2) is 53.4 Å². The minimum atomic E-state index is -0.406. The van der Waals surface area contributed by atoms with E-state index in [0.29, 0.717) is 44.0 Å². The van der Waals surface area contributed by atoms with Gasteiger partial charge in [0.15, 0.2) is 5.76 Å². The van der Waals surface area contributed by atoms with Gasteiger partial charge in [0.1, 0.15) is 5.75 Å². The molecule has 2 saturated heterocycles. The Hall–Kier alpha value is -3.55. The summed E-state index contributed by atoms with van der Waals surface area (Å²) in [7, 11) is 1.63. The first-order valence-electron chi connectivity index (χ1n) is 10.4. The topological polar surface area (TPSA) is 91.7 Å². The number of rotatable bonds is 4. The number of nitrogens with zero attached hydrogens (tertiary/aromatic N) is 3. The van der Waals surface area contributed by atoms with Crippen molar-refractivity contribution in [3.63, 3.8) is 0 Å². The highest BCUT2D eigenvalue weighted by molar-refractivity contribution is 6.00. The number of carbonyl (C=O) groups is 2. The number of hydrogen-bond acceptors (Lipinski definition) is 5. The minimum absolute atomic E-state index is 0.110. The highest BCUT2D eigenvalue weighted by atomic mass is 16.5. The number of likely N-dealkylation sites (tertiary alicyclic amines) is 1. The van der Waals surface area contributed by atoms with E-state index in [0.717, 1.165) is 23.2 Å². The number of methoxy groups -OCH3 is 1. The summed E-state index contributed by atoms with van der Waals surface area (Å²) in [5.74, 6) is 1.07. The first kappa shape index (κ1) is 19.4. The summed E-state index contributed by atoms with van der Waals surface area (Å²) in [6.45, 7) is 1.78. The van der Waals surface area contributed by atoms with E-state index >= 15 is 0 Å². The number of piperidine rings is 1. The van der Waals surface area contributed by atoms with Crippen LogP contribution in [-0.2, 0) is 4.79 Å². The van der Waals surface area contributed by atoms with Gasteiger partial charge in [0.25, 0.3) is 5.91 Å². The highest BCUT2D eigenvalue weighted by Crippen LogP contribution is 2.44. The third-order valence-electron chi connectivity index (χ3n) is 6.56. The van der Waals surface area contributed by atoms with Crippen LogP contribution in [0.1, 0.15) is 29.8 Å². The number of aromatic amines is 1. The molecule has 31 heavy (non-hydrogen) atoms. The van der Waals surface area contributed by atoms with Crippen molar-refractivity contribution < 1.29 is 18.7 Å². The Morgan fingerprint density at radius 2 is 2.00 bits per heavy atom. The van der Waals surface area contributed by atoms with Crippen molar-refractivity contribution in [1.82, 2.24) is 15.1 Å². The number of carbonyl (C=O) groups excluding carboxylic acids is 2. The minimum Gasteiger partial charge on any atom is -0.496 e. The van der Waals surface area contributed by atoms with E-state index in [1.165, 1.54) is 6.26 Å². The number of anilines is 1. The molecule has 0 bridgehead atoms. The van der Waals surface area contributed by atoms with Crippen LogP contribution in [-0.4, -0.2) is 53.7 Å². The first-order chi connectivity index (χ1) is 15.1. The quantitative estimate of drug-likeness (QED) is 0.699.